The van der Waals surface area contributed by atoms with E-state index in [0.29, 0.717) is 12.1 Å². The summed E-state index contributed by atoms with van der Waals surface area (Å²) in [5, 5.41) is 14.4. The van der Waals surface area contributed by atoms with Crippen molar-refractivity contribution in [3.05, 3.63) is 76.7 Å². The molecule has 0 spiro atoms. The van der Waals surface area contributed by atoms with Crippen molar-refractivity contribution in [3.63, 3.8) is 0 Å². The molecular weight excluding hydrogens is 436 g/mol. The number of nitrogens with one attached hydrogen (secondary N) is 3. The molecule has 0 unspecified atom stereocenters. The zero-order valence-electron chi connectivity index (χ0n) is 18.3. The molecule has 2 aliphatic rings. The summed E-state index contributed by atoms with van der Waals surface area (Å²) < 4.78 is 1.89. The fourth-order valence-electron chi connectivity index (χ4n) is 4.72. The van der Waals surface area contributed by atoms with Crippen LogP contribution in [0.4, 0.5) is 11.5 Å². The molecule has 4 aromatic rings. The number of rotatable bonds is 3. The molecule has 0 bridgehead atoms. The fraction of sp³-hybridized carbons (Fsp3) is 0.240. The van der Waals surface area contributed by atoms with Gasteiger partial charge in [0.15, 0.2) is 0 Å². The maximum atomic E-state index is 12.8. The van der Waals surface area contributed by atoms with Crippen LogP contribution in [-0.4, -0.2) is 27.0 Å². The number of aromatic nitrogens is 3. The quantitative estimate of drug-likeness (QED) is 0.428. The first kappa shape index (κ1) is 21.4. The summed E-state index contributed by atoms with van der Waals surface area (Å²) in [6.07, 6.45) is 5.93. The van der Waals surface area contributed by atoms with Gasteiger partial charge in [0.25, 0.3) is 5.91 Å². The van der Waals surface area contributed by atoms with Crippen molar-refractivity contribution in [2.24, 2.45) is 0 Å². The summed E-state index contributed by atoms with van der Waals surface area (Å²) in [4.78, 5) is 17.6. The van der Waals surface area contributed by atoms with Crippen LogP contribution in [0.2, 0.25) is 0 Å². The Morgan fingerprint density at radius 2 is 1.97 bits per heavy atom. The van der Waals surface area contributed by atoms with Crippen molar-refractivity contribution in [2.45, 2.75) is 32.9 Å². The standard InChI is InChI=1S/C25H24N6O.ClH/c1-15-4-8-22-18(13-28-31(22)14-15)17-6-7-21(24-19(17)12-27-25(24)32)30-23-9-5-16-11-26-10-2-3-20(16)29-23;/h4-9,13-14,26H,2-3,10-12H2,1H3,(H,27,32)(H,29,30);1H. The lowest BCUT2D eigenvalue weighted by atomic mass is 9.96. The number of hydrogen-bond acceptors (Lipinski definition) is 5. The lowest BCUT2D eigenvalue weighted by Crippen LogP contribution is -2.14. The van der Waals surface area contributed by atoms with Crippen molar-refractivity contribution < 1.29 is 4.79 Å². The highest BCUT2D eigenvalue weighted by atomic mass is 35.5. The number of fused-ring (bicyclic) bond motifs is 3. The number of amides is 1. The van der Waals surface area contributed by atoms with Gasteiger partial charge in [-0.2, -0.15) is 5.10 Å². The first-order valence-electron chi connectivity index (χ1n) is 11.0. The molecular formula is C25H25ClN6O. The lowest BCUT2D eigenvalue weighted by Gasteiger charge is -2.14. The summed E-state index contributed by atoms with van der Waals surface area (Å²) in [5.41, 5.74) is 9.07. The van der Waals surface area contributed by atoms with E-state index in [1.807, 2.05) is 29.0 Å². The van der Waals surface area contributed by atoms with Crippen LogP contribution >= 0.6 is 12.4 Å². The Labute approximate surface area is 198 Å². The molecule has 0 saturated carbocycles. The number of nitrogens with zero attached hydrogens (tertiary/aromatic N) is 3. The zero-order valence-corrected chi connectivity index (χ0v) is 19.1. The van der Waals surface area contributed by atoms with Gasteiger partial charge in [0, 0.05) is 30.5 Å². The van der Waals surface area contributed by atoms with Gasteiger partial charge in [-0.3, -0.25) is 4.79 Å². The van der Waals surface area contributed by atoms with Gasteiger partial charge >= 0.3 is 0 Å². The minimum atomic E-state index is -0.0596. The molecule has 5 heterocycles. The summed E-state index contributed by atoms with van der Waals surface area (Å²) >= 11 is 0. The Bertz CT molecular complexity index is 1380. The molecule has 0 fully saturated rings. The molecule has 7 nitrogen and oxygen atoms in total. The van der Waals surface area contributed by atoms with Gasteiger partial charge in [0.2, 0.25) is 0 Å². The molecule has 2 aliphatic heterocycles. The van der Waals surface area contributed by atoms with Crippen LogP contribution < -0.4 is 16.0 Å². The molecule has 3 aromatic heterocycles. The molecule has 8 heteroatoms. The summed E-state index contributed by atoms with van der Waals surface area (Å²) in [5.74, 6) is 0.711. The van der Waals surface area contributed by atoms with Crippen molar-refractivity contribution in [1.82, 2.24) is 25.2 Å². The summed E-state index contributed by atoms with van der Waals surface area (Å²) in [6.45, 7) is 4.42. The van der Waals surface area contributed by atoms with Crippen molar-refractivity contribution in [2.75, 3.05) is 11.9 Å². The summed E-state index contributed by atoms with van der Waals surface area (Å²) in [6, 6.07) is 12.3. The molecule has 0 atom stereocenters. The van der Waals surface area contributed by atoms with E-state index in [1.165, 1.54) is 5.56 Å². The number of pyridine rings is 2. The molecule has 168 valence electrons. The highest BCUT2D eigenvalue weighted by molar-refractivity contribution is 6.06. The monoisotopic (exact) mass is 460 g/mol. The molecule has 1 amide bonds. The third-order valence-electron chi connectivity index (χ3n) is 6.33. The van der Waals surface area contributed by atoms with Crippen molar-refractivity contribution in [3.8, 4) is 11.1 Å². The van der Waals surface area contributed by atoms with E-state index in [4.69, 9.17) is 4.98 Å². The number of hydrogen-bond donors (Lipinski definition) is 3. The van der Waals surface area contributed by atoms with Crippen LogP contribution in [0.15, 0.2) is 48.8 Å². The van der Waals surface area contributed by atoms with E-state index in [0.717, 1.165) is 70.9 Å². The van der Waals surface area contributed by atoms with Crippen LogP contribution in [0.25, 0.3) is 16.6 Å². The maximum absolute atomic E-state index is 12.8. The van der Waals surface area contributed by atoms with Crippen molar-refractivity contribution in [1.29, 1.82) is 0 Å². The second-order valence-corrected chi connectivity index (χ2v) is 8.50. The normalized spacial score (nSPS) is 14.8. The van der Waals surface area contributed by atoms with E-state index < -0.39 is 0 Å². The average molecular weight is 461 g/mol. The fourth-order valence-corrected chi connectivity index (χ4v) is 4.72. The van der Waals surface area contributed by atoms with E-state index in [9.17, 15) is 4.79 Å². The predicted molar refractivity (Wildman–Crippen MR) is 131 cm³/mol. The van der Waals surface area contributed by atoms with Gasteiger partial charge in [0.1, 0.15) is 5.82 Å². The van der Waals surface area contributed by atoms with Crippen LogP contribution in [0.5, 0.6) is 0 Å². The number of halogens is 1. The lowest BCUT2D eigenvalue weighted by molar-refractivity contribution is 0.0966. The highest BCUT2D eigenvalue weighted by Gasteiger charge is 2.27. The number of carbonyl (C=O) groups excluding carboxylic acids is 1. The topological polar surface area (TPSA) is 83.4 Å². The van der Waals surface area contributed by atoms with Crippen LogP contribution in [0, 0.1) is 6.92 Å². The molecule has 0 saturated heterocycles. The number of benzene rings is 1. The van der Waals surface area contributed by atoms with Gasteiger partial charge in [0.05, 0.1) is 23.0 Å². The minimum Gasteiger partial charge on any atom is -0.348 e. The van der Waals surface area contributed by atoms with E-state index in [1.54, 1.807) is 0 Å². The summed E-state index contributed by atoms with van der Waals surface area (Å²) in [7, 11) is 0. The van der Waals surface area contributed by atoms with Gasteiger partial charge < -0.3 is 16.0 Å². The predicted octanol–water partition coefficient (Wildman–Crippen LogP) is 4.15. The van der Waals surface area contributed by atoms with Crippen LogP contribution in [-0.2, 0) is 19.5 Å². The number of aryl methyl sites for hydroxylation is 2. The first-order chi connectivity index (χ1) is 15.7. The van der Waals surface area contributed by atoms with E-state index >= 15 is 0 Å². The van der Waals surface area contributed by atoms with Crippen LogP contribution in [0.3, 0.4) is 0 Å². The Morgan fingerprint density at radius 3 is 2.88 bits per heavy atom. The Kier molecular flexibility index (Phi) is 5.52. The highest BCUT2D eigenvalue weighted by Crippen LogP contribution is 2.36. The maximum Gasteiger partial charge on any atom is 0.254 e. The second-order valence-electron chi connectivity index (χ2n) is 8.50. The number of carbonyl (C=O) groups is 1. The molecule has 6 rings (SSSR count). The van der Waals surface area contributed by atoms with Gasteiger partial charge in [-0.15, -0.1) is 12.4 Å². The SMILES string of the molecule is Cc1ccc2c(-c3ccc(Nc4ccc5c(n4)CCCNC5)c4c3CNC4=O)cnn2c1.Cl. The van der Waals surface area contributed by atoms with E-state index in [2.05, 4.69) is 52.2 Å². The molecule has 0 aliphatic carbocycles. The molecule has 33 heavy (non-hydrogen) atoms. The average Bonchev–Trinajstić information content (AvgIpc) is 3.30. The Hall–Kier alpha value is -3.42. The molecule has 1 aromatic carbocycles. The Balaban J connectivity index is 0.00000228. The van der Waals surface area contributed by atoms with Crippen molar-refractivity contribution >= 4 is 35.3 Å². The third kappa shape index (κ3) is 3.73. The largest absolute Gasteiger partial charge is 0.348 e. The van der Waals surface area contributed by atoms with Crippen LogP contribution in [0.1, 0.15) is 39.2 Å². The minimum absolute atomic E-state index is 0. The van der Waals surface area contributed by atoms with Gasteiger partial charge in [-0.05, 0) is 66.8 Å². The zero-order chi connectivity index (χ0) is 21.7. The molecule has 3 N–H and O–H groups in total. The second kappa shape index (κ2) is 8.50. The molecule has 0 radical (unpaired) electrons. The Morgan fingerprint density at radius 1 is 1.06 bits per heavy atom. The first-order valence-corrected chi connectivity index (χ1v) is 11.0. The smallest absolute Gasteiger partial charge is 0.254 e. The van der Waals surface area contributed by atoms with Gasteiger partial charge in [-0.1, -0.05) is 18.2 Å². The van der Waals surface area contributed by atoms with Gasteiger partial charge in [-0.25, -0.2) is 9.50 Å². The van der Waals surface area contributed by atoms with E-state index in [-0.39, 0.29) is 18.3 Å². The third-order valence-corrected chi connectivity index (χ3v) is 6.33. The number of anilines is 2.